The first kappa shape index (κ1) is 18.9. The van der Waals surface area contributed by atoms with Gasteiger partial charge in [0.2, 0.25) is 5.91 Å². The molecule has 0 fully saturated rings. The summed E-state index contributed by atoms with van der Waals surface area (Å²) in [4.78, 5) is 24.1. The van der Waals surface area contributed by atoms with Crippen LogP contribution in [0.25, 0.3) is 0 Å². The first-order chi connectivity index (χ1) is 10.5. The Labute approximate surface area is 130 Å². The van der Waals surface area contributed by atoms with E-state index in [1.807, 2.05) is 10.3 Å². The number of amides is 2. The molecular formula is C12H14F3N3O4S. The van der Waals surface area contributed by atoms with Crippen LogP contribution in [-0.4, -0.2) is 33.0 Å². The van der Waals surface area contributed by atoms with Crippen molar-refractivity contribution in [2.75, 3.05) is 6.54 Å². The fraction of sp³-hybridized carbons (Fsp3) is 0.333. The summed E-state index contributed by atoms with van der Waals surface area (Å²) >= 11 is 0. The lowest BCUT2D eigenvalue weighted by Gasteiger charge is -2.10. The predicted octanol–water partition coefficient (Wildman–Crippen LogP) is 0.698. The van der Waals surface area contributed by atoms with Crippen molar-refractivity contribution in [2.45, 2.75) is 24.4 Å². The minimum atomic E-state index is -4.54. The number of hydrazine groups is 1. The van der Waals surface area contributed by atoms with Crippen LogP contribution in [0.15, 0.2) is 29.2 Å². The van der Waals surface area contributed by atoms with Gasteiger partial charge in [-0.1, -0.05) is 6.92 Å². The number of halogens is 3. The van der Waals surface area contributed by atoms with Gasteiger partial charge >= 0.3 is 6.18 Å². The second-order valence-electron chi connectivity index (χ2n) is 4.33. The minimum Gasteiger partial charge on any atom is -0.343 e. The molecule has 0 atom stereocenters. The van der Waals surface area contributed by atoms with E-state index in [0.717, 1.165) is 24.3 Å². The molecule has 128 valence electrons. The van der Waals surface area contributed by atoms with Crippen LogP contribution in [0.3, 0.4) is 0 Å². The first-order valence-electron chi connectivity index (χ1n) is 6.31. The van der Waals surface area contributed by atoms with Crippen molar-refractivity contribution in [3.8, 4) is 0 Å². The van der Waals surface area contributed by atoms with E-state index in [-0.39, 0.29) is 16.9 Å². The molecule has 0 bridgehead atoms. The van der Waals surface area contributed by atoms with Crippen LogP contribution in [0.5, 0.6) is 0 Å². The zero-order valence-electron chi connectivity index (χ0n) is 11.9. The smallest absolute Gasteiger partial charge is 0.343 e. The number of carbonyl (C=O) groups excluding carboxylic acids is 2. The molecule has 0 radical (unpaired) electrons. The molecule has 2 amide bonds. The van der Waals surface area contributed by atoms with Gasteiger partial charge in [-0.25, -0.2) is 8.42 Å². The number of hydrogen-bond donors (Lipinski definition) is 3. The molecule has 0 heterocycles. The Balaban J connectivity index is 2.76. The maximum atomic E-state index is 12.0. The molecule has 0 spiro atoms. The fourth-order valence-corrected chi connectivity index (χ4v) is 2.20. The molecule has 1 aromatic rings. The number of hydrogen-bond acceptors (Lipinski definition) is 4. The van der Waals surface area contributed by atoms with Gasteiger partial charge in [-0.2, -0.15) is 13.2 Å². The van der Waals surface area contributed by atoms with Crippen LogP contribution in [0, 0.1) is 0 Å². The van der Waals surface area contributed by atoms with Gasteiger partial charge in [0.15, 0.2) is 0 Å². The molecule has 0 saturated heterocycles. The second-order valence-corrected chi connectivity index (χ2v) is 6.01. The molecule has 0 aliphatic heterocycles. The van der Waals surface area contributed by atoms with Gasteiger partial charge in [-0.3, -0.25) is 15.0 Å². The third-order valence-corrected chi connectivity index (χ3v) is 3.79. The number of alkyl halides is 3. The van der Waals surface area contributed by atoms with Crippen LogP contribution >= 0.6 is 0 Å². The quantitative estimate of drug-likeness (QED) is 0.655. The van der Waals surface area contributed by atoms with Crippen molar-refractivity contribution in [3.63, 3.8) is 0 Å². The molecule has 0 unspecified atom stereocenters. The summed E-state index contributed by atoms with van der Waals surface area (Å²) in [5.41, 5.74) is 1.83. The molecule has 11 heteroatoms. The third kappa shape index (κ3) is 6.24. The summed E-state index contributed by atoms with van der Waals surface area (Å²) in [6.45, 7) is 0.0362. The topological polar surface area (TPSA) is 104 Å². The molecule has 7 nitrogen and oxygen atoms in total. The number of rotatable bonds is 6. The highest BCUT2D eigenvalue weighted by Crippen LogP contribution is 2.13. The number of carbonyl (C=O) groups is 2. The highest BCUT2D eigenvalue weighted by atomic mass is 32.2. The molecule has 0 saturated carbocycles. The van der Waals surface area contributed by atoms with E-state index >= 15 is 0 Å². The molecule has 3 N–H and O–H groups in total. The lowest BCUT2D eigenvalue weighted by Crippen LogP contribution is -2.41. The molecule has 0 aromatic heterocycles. The standard InChI is InChI=1S/C12H14F3N3O4S/c1-2-10(19)17-18-23(21,22)9-5-3-8(4-6-9)11(20)16-7-12(13,14)15/h3-6,18H,2,7H2,1H3,(H,16,20)(H,17,19). The SMILES string of the molecule is CCC(=O)NNS(=O)(=O)c1ccc(C(=O)NCC(F)(F)F)cc1. The fourth-order valence-electron chi connectivity index (χ4n) is 1.34. The summed E-state index contributed by atoms with van der Waals surface area (Å²) in [6.07, 6.45) is -4.47. The largest absolute Gasteiger partial charge is 0.405 e. The van der Waals surface area contributed by atoms with Crippen LogP contribution in [0.2, 0.25) is 0 Å². The van der Waals surface area contributed by atoms with Gasteiger partial charge in [-0.05, 0) is 24.3 Å². The second kappa shape index (κ2) is 7.42. The van der Waals surface area contributed by atoms with Gasteiger partial charge in [0.05, 0.1) is 4.90 Å². The number of sulfonamides is 1. The van der Waals surface area contributed by atoms with Gasteiger partial charge in [0.25, 0.3) is 15.9 Å². The average molecular weight is 353 g/mol. The van der Waals surface area contributed by atoms with E-state index in [1.165, 1.54) is 6.92 Å². The summed E-state index contributed by atoms with van der Waals surface area (Å²) in [6, 6.07) is 4.18. The average Bonchev–Trinajstić information content (AvgIpc) is 2.49. The van der Waals surface area contributed by atoms with Crippen LogP contribution in [0.1, 0.15) is 23.7 Å². The summed E-state index contributed by atoms with van der Waals surface area (Å²) in [5, 5.41) is 1.66. The maximum Gasteiger partial charge on any atom is 0.405 e. The maximum absolute atomic E-state index is 12.0. The lowest BCUT2D eigenvalue weighted by atomic mass is 10.2. The third-order valence-electron chi connectivity index (χ3n) is 2.52. The molecule has 1 aromatic carbocycles. The highest BCUT2D eigenvalue weighted by molar-refractivity contribution is 7.89. The normalized spacial score (nSPS) is 11.8. The van der Waals surface area contributed by atoms with Crippen molar-refractivity contribution in [1.29, 1.82) is 0 Å². The monoisotopic (exact) mass is 353 g/mol. The van der Waals surface area contributed by atoms with Crippen molar-refractivity contribution in [1.82, 2.24) is 15.6 Å². The van der Waals surface area contributed by atoms with Gasteiger partial charge < -0.3 is 5.32 Å². The van der Waals surface area contributed by atoms with Gasteiger partial charge in [0.1, 0.15) is 6.54 Å². The summed E-state index contributed by atoms with van der Waals surface area (Å²) < 4.78 is 59.6. The van der Waals surface area contributed by atoms with Gasteiger partial charge in [-0.15, -0.1) is 4.83 Å². The number of benzene rings is 1. The highest BCUT2D eigenvalue weighted by Gasteiger charge is 2.28. The number of nitrogens with one attached hydrogen (secondary N) is 3. The summed E-state index contributed by atoms with van der Waals surface area (Å²) in [7, 11) is -4.04. The van der Waals surface area contributed by atoms with E-state index in [0.29, 0.717) is 0 Å². The Bertz CT molecular complexity index is 672. The van der Waals surface area contributed by atoms with Crippen molar-refractivity contribution >= 4 is 21.8 Å². The van der Waals surface area contributed by atoms with Crippen molar-refractivity contribution in [2.24, 2.45) is 0 Å². The molecule has 0 aliphatic rings. The zero-order chi connectivity index (χ0) is 17.7. The molecule has 23 heavy (non-hydrogen) atoms. The Hall–Kier alpha value is -2.14. The Morgan fingerprint density at radius 3 is 2.17 bits per heavy atom. The van der Waals surface area contributed by atoms with E-state index < -0.39 is 34.6 Å². The van der Waals surface area contributed by atoms with Crippen LogP contribution < -0.4 is 15.6 Å². The zero-order valence-corrected chi connectivity index (χ0v) is 12.7. The Kier molecular flexibility index (Phi) is 6.10. The molecule has 1 rings (SSSR count). The first-order valence-corrected chi connectivity index (χ1v) is 7.79. The minimum absolute atomic E-state index is 0.0703. The van der Waals surface area contributed by atoms with Crippen molar-refractivity contribution < 1.29 is 31.2 Å². The van der Waals surface area contributed by atoms with E-state index in [1.54, 1.807) is 5.32 Å². The Morgan fingerprint density at radius 1 is 1.13 bits per heavy atom. The van der Waals surface area contributed by atoms with Crippen molar-refractivity contribution in [3.05, 3.63) is 29.8 Å². The van der Waals surface area contributed by atoms with Crippen LogP contribution in [-0.2, 0) is 14.8 Å². The Morgan fingerprint density at radius 2 is 1.70 bits per heavy atom. The lowest BCUT2D eigenvalue weighted by molar-refractivity contribution is -0.123. The summed E-state index contributed by atoms with van der Waals surface area (Å²) in [5.74, 6) is -1.53. The predicted molar refractivity (Wildman–Crippen MR) is 73.6 cm³/mol. The van der Waals surface area contributed by atoms with E-state index in [2.05, 4.69) is 0 Å². The molecule has 0 aliphatic carbocycles. The van der Waals surface area contributed by atoms with E-state index in [4.69, 9.17) is 0 Å². The molecular weight excluding hydrogens is 339 g/mol. The van der Waals surface area contributed by atoms with Gasteiger partial charge in [0, 0.05) is 12.0 Å². The van der Waals surface area contributed by atoms with E-state index in [9.17, 15) is 31.2 Å². The van der Waals surface area contributed by atoms with Crippen LogP contribution in [0.4, 0.5) is 13.2 Å².